The maximum Gasteiger partial charge on any atom is 0.288 e. The summed E-state index contributed by atoms with van der Waals surface area (Å²) in [6.07, 6.45) is 0. The zero-order valence-electron chi connectivity index (χ0n) is 8.45. The Hall–Kier alpha value is -0.950. The SMILES string of the molecule is CC(C)c1ccccc1S(=O)(=O)N(O)O. The highest BCUT2D eigenvalue weighted by molar-refractivity contribution is 7.88. The van der Waals surface area contributed by atoms with Gasteiger partial charge in [-0.05, 0) is 17.5 Å². The molecule has 5 nitrogen and oxygen atoms in total. The van der Waals surface area contributed by atoms with Crippen LogP contribution in [0.25, 0.3) is 0 Å². The second-order valence-electron chi connectivity index (χ2n) is 3.42. The van der Waals surface area contributed by atoms with Crippen LogP contribution in [0, 0.1) is 0 Å². The van der Waals surface area contributed by atoms with Crippen molar-refractivity contribution in [2.45, 2.75) is 24.7 Å². The van der Waals surface area contributed by atoms with E-state index in [2.05, 4.69) is 0 Å². The fourth-order valence-electron chi connectivity index (χ4n) is 1.28. The van der Waals surface area contributed by atoms with Crippen LogP contribution in [-0.2, 0) is 10.0 Å². The van der Waals surface area contributed by atoms with E-state index in [1.165, 1.54) is 12.1 Å². The zero-order chi connectivity index (χ0) is 11.6. The second kappa shape index (κ2) is 4.28. The van der Waals surface area contributed by atoms with E-state index >= 15 is 0 Å². The summed E-state index contributed by atoms with van der Waals surface area (Å²) in [4.78, 5) is -0.0926. The van der Waals surface area contributed by atoms with E-state index in [0.29, 0.717) is 5.56 Å². The summed E-state index contributed by atoms with van der Waals surface area (Å²) in [6.45, 7) is 3.65. The van der Waals surface area contributed by atoms with Crippen molar-refractivity contribution in [3.63, 3.8) is 0 Å². The summed E-state index contributed by atoms with van der Waals surface area (Å²) < 4.78 is 22.2. The van der Waals surface area contributed by atoms with Crippen LogP contribution in [0.5, 0.6) is 0 Å². The Morgan fingerprint density at radius 1 is 1.20 bits per heavy atom. The van der Waals surface area contributed by atoms with E-state index in [1.807, 2.05) is 13.8 Å². The van der Waals surface area contributed by atoms with Crippen molar-refractivity contribution >= 4 is 10.0 Å². The van der Waals surface area contributed by atoms with Crippen LogP contribution >= 0.6 is 0 Å². The van der Waals surface area contributed by atoms with Gasteiger partial charge in [0.05, 0.1) is 9.53 Å². The van der Waals surface area contributed by atoms with Gasteiger partial charge in [-0.1, -0.05) is 32.0 Å². The minimum absolute atomic E-state index is 0.0177. The minimum Gasteiger partial charge on any atom is -0.276 e. The van der Waals surface area contributed by atoms with Crippen LogP contribution in [0.4, 0.5) is 0 Å². The smallest absolute Gasteiger partial charge is 0.276 e. The van der Waals surface area contributed by atoms with Crippen LogP contribution in [0.2, 0.25) is 0 Å². The first-order chi connectivity index (χ1) is 6.87. The van der Waals surface area contributed by atoms with Gasteiger partial charge in [-0.3, -0.25) is 10.4 Å². The molecule has 0 radical (unpaired) electrons. The topological polar surface area (TPSA) is 77.8 Å². The van der Waals surface area contributed by atoms with Gasteiger partial charge in [-0.15, -0.1) is 0 Å². The van der Waals surface area contributed by atoms with E-state index in [9.17, 15) is 8.42 Å². The number of hydrogen-bond donors (Lipinski definition) is 2. The molecule has 0 bridgehead atoms. The van der Waals surface area contributed by atoms with Gasteiger partial charge in [0.1, 0.15) is 0 Å². The van der Waals surface area contributed by atoms with Crippen molar-refractivity contribution in [3.05, 3.63) is 29.8 Å². The average Bonchev–Trinajstić information content (AvgIpc) is 2.17. The van der Waals surface area contributed by atoms with Gasteiger partial charge in [-0.25, -0.2) is 8.42 Å². The van der Waals surface area contributed by atoms with Gasteiger partial charge in [-0.2, -0.15) is 0 Å². The second-order valence-corrected chi connectivity index (χ2v) is 5.14. The highest BCUT2D eigenvalue weighted by Crippen LogP contribution is 2.24. The van der Waals surface area contributed by atoms with Gasteiger partial charge in [0.2, 0.25) is 0 Å². The third kappa shape index (κ3) is 2.35. The first-order valence-corrected chi connectivity index (χ1v) is 5.83. The number of nitrogens with zero attached hydrogens (tertiary/aromatic N) is 1. The lowest BCUT2D eigenvalue weighted by Gasteiger charge is -2.14. The molecule has 0 aliphatic rings. The van der Waals surface area contributed by atoms with Crippen molar-refractivity contribution in [1.29, 1.82) is 0 Å². The Morgan fingerprint density at radius 2 is 1.73 bits per heavy atom. The molecule has 0 saturated heterocycles. The van der Waals surface area contributed by atoms with Crippen LogP contribution in [0.1, 0.15) is 25.3 Å². The molecule has 0 unspecified atom stereocenters. The molecule has 1 rings (SSSR count). The molecule has 0 saturated carbocycles. The number of hydrogen-bond acceptors (Lipinski definition) is 4. The van der Waals surface area contributed by atoms with Crippen LogP contribution in [0.3, 0.4) is 0 Å². The van der Waals surface area contributed by atoms with Gasteiger partial charge >= 0.3 is 0 Å². The Morgan fingerprint density at radius 3 is 2.20 bits per heavy atom. The Balaban J connectivity index is 3.38. The van der Waals surface area contributed by atoms with Crippen LogP contribution in [-0.4, -0.2) is 23.5 Å². The van der Waals surface area contributed by atoms with Gasteiger partial charge in [0, 0.05) is 0 Å². The quantitative estimate of drug-likeness (QED) is 0.774. The molecule has 0 aliphatic heterocycles. The summed E-state index contributed by atoms with van der Waals surface area (Å²) in [7, 11) is -4.21. The molecule has 0 amide bonds. The highest BCUT2D eigenvalue weighted by Gasteiger charge is 2.24. The molecule has 0 aliphatic carbocycles. The fraction of sp³-hybridized carbons (Fsp3) is 0.333. The van der Waals surface area contributed by atoms with Gasteiger partial charge < -0.3 is 0 Å². The number of sulfonamides is 1. The van der Waals surface area contributed by atoms with E-state index in [0.717, 1.165) is 0 Å². The lowest BCUT2D eigenvalue weighted by atomic mass is 10.0. The van der Waals surface area contributed by atoms with Gasteiger partial charge in [0.25, 0.3) is 10.0 Å². The van der Waals surface area contributed by atoms with Crippen molar-refractivity contribution in [1.82, 2.24) is 4.63 Å². The van der Waals surface area contributed by atoms with Gasteiger partial charge in [0.15, 0.2) is 0 Å². The molecule has 0 atom stereocenters. The maximum absolute atomic E-state index is 11.5. The van der Waals surface area contributed by atoms with E-state index < -0.39 is 14.7 Å². The Kier molecular flexibility index (Phi) is 3.46. The van der Waals surface area contributed by atoms with E-state index in [-0.39, 0.29) is 10.8 Å². The van der Waals surface area contributed by atoms with Crippen molar-refractivity contribution in [3.8, 4) is 0 Å². The monoisotopic (exact) mass is 231 g/mol. The summed E-state index contributed by atoms with van der Waals surface area (Å²) in [5.74, 6) is -0.0177. The first kappa shape index (κ1) is 12.1. The van der Waals surface area contributed by atoms with Crippen molar-refractivity contribution in [2.75, 3.05) is 0 Å². The molecular formula is C9H13NO4S. The molecule has 84 valence electrons. The van der Waals surface area contributed by atoms with Crippen molar-refractivity contribution < 1.29 is 18.8 Å². The normalized spacial score (nSPS) is 12.4. The third-order valence-electron chi connectivity index (χ3n) is 2.03. The Labute approximate surface area is 88.5 Å². The minimum atomic E-state index is -4.21. The maximum atomic E-state index is 11.5. The molecule has 0 aromatic heterocycles. The molecular weight excluding hydrogens is 218 g/mol. The van der Waals surface area contributed by atoms with Crippen LogP contribution in [0.15, 0.2) is 29.2 Å². The fourth-order valence-corrected chi connectivity index (χ4v) is 2.31. The van der Waals surface area contributed by atoms with E-state index in [1.54, 1.807) is 12.1 Å². The third-order valence-corrected chi connectivity index (χ3v) is 3.39. The number of rotatable bonds is 3. The summed E-state index contributed by atoms with van der Waals surface area (Å²) >= 11 is 0. The molecule has 1 aromatic rings. The molecule has 2 N–H and O–H groups in total. The highest BCUT2D eigenvalue weighted by atomic mass is 32.2. The molecule has 1 aromatic carbocycles. The Bertz CT molecular complexity index is 439. The van der Waals surface area contributed by atoms with Crippen LogP contribution < -0.4 is 0 Å². The standard InChI is InChI=1S/C9H13NO4S/c1-7(2)8-5-3-4-6-9(8)15(13,14)10(11)12/h3-7,11-12H,1-2H3. The zero-order valence-corrected chi connectivity index (χ0v) is 9.27. The number of benzene rings is 1. The molecule has 6 heteroatoms. The molecule has 0 fully saturated rings. The predicted molar refractivity (Wildman–Crippen MR) is 53.1 cm³/mol. The molecule has 0 spiro atoms. The lowest BCUT2D eigenvalue weighted by molar-refractivity contribution is -0.226. The molecule has 15 heavy (non-hydrogen) atoms. The average molecular weight is 231 g/mol. The predicted octanol–water partition coefficient (Wildman–Crippen LogP) is 1.58. The van der Waals surface area contributed by atoms with E-state index in [4.69, 9.17) is 10.4 Å². The summed E-state index contributed by atoms with van der Waals surface area (Å²) in [6, 6.07) is 6.21. The summed E-state index contributed by atoms with van der Waals surface area (Å²) in [5, 5.41) is 17.3. The van der Waals surface area contributed by atoms with Crippen molar-refractivity contribution in [2.24, 2.45) is 0 Å². The lowest BCUT2D eigenvalue weighted by Crippen LogP contribution is -2.24. The largest absolute Gasteiger partial charge is 0.288 e. The molecule has 0 heterocycles. The summed E-state index contributed by atoms with van der Waals surface area (Å²) in [5.41, 5.74) is 0.547. The first-order valence-electron chi connectivity index (χ1n) is 4.39.